The van der Waals surface area contributed by atoms with Crippen LogP contribution in [0, 0.1) is 13.8 Å². The molecular weight excluding hydrogens is 492 g/mol. The van der Waals surface area contributed by atoms with Crippen molar-refractivity contribution in [3.63, 3.8) is 0 Å². The SMILES string of the molecule is Cc1cccc(C)c1NC(=O)CN1CCN(CC(O)COc2ccc3oc(-c4ccccc4)nc3c2)C(C)C1. The summed E-state index contributed by atoms with van der Waals surface area (Å²) in [6.45, 7) is 9.50. The summed E-state index contributed by atoms with van der Waals surface area (Å²) in [5, 5.41) is 13.8. The van der Waals surface area contributed by atoms with Crippen LogP contribution in [0.4, 0.5) is 5.69 Å². The van der Waals surface area contributed by atoms with Crippen molar-refractivity contribution in [2.24, 2.45) is 0 Å². The molecule has 39 heavy (non-hydrogen) atoms. The molecule has 2 unspecified atom stereocenters. The number of aliphatic hydroxyl groups is 1. The molecule has 1 fully saturated rings. The van der Waals surface area contributed by atoms with Crippen molar-refractivity contribution >= 4 is 22.7 Å². The molecule has 2 N–H and O–H groups in total. The second-order valence-electron chi connectivity index (χ2n) is 10.4. The fourth-order valence-corrected chi connectivity index (χ4v) is 5.10. The molecular formula is C31H36N4O4. The summed E-state index contributed by atoms with van der Waals surface area (Å²) in [6.07, 6.45) is -0.640. The number of ether oxygens (including phenoxy) is 1. The average molecular weight is 529 g/mol. The van der Waals surface area contributed by atoms with Gasteiger partial charge in [-0.1, -0.05) is 36.4 Å². The van der Waals surface area contributed by atoms with Crippen LogP contribution in [0.15, 0.2) is 71.1 Å². The van der Waals surface area contributed by atoms with Gasteiger partial charge in [-0.05, 0) is 56.2 Å². The van der Waals surface area contributed by atoms with E-state index in [0.717, 1.165) is 42.0 Å². The first-order chi connectivity index (χ1) is 18.9. The number of benzene rings is 3. The number of hydrogen-bond donors (Lipinski definition) is 2. The van der Waals surface area contributed by atoms with E-state index >= 15 is 0 Å². The van der Waals surface area contributed by atoms with E-state index in [0.29, 0.717) is 35.8 Å². The van der Waals surface area contributed by atoms with Gasteiger partial charge in [-0.25, -0.2) is 4.98 Å². The van der Waals surface area contributed by atoms with Gasteiger partial charge in [-0.15, -0.1) is 0 Å². The monoisotopic (exact) mass is 528 g/mol. The number of aryl methyl sites for hydroxylation is 2. The average Bonchev–Trinajstić information content (AvgIpc) is 3.35. The van der Waals surface area contributed by atoms with Crippen molar-refractivity contribution in [1.82, 2.24) is 14.8 Å². The Morgan fingerprint density at radius 2 is 1.87 bits per heavy atom. The number of β-amino-alcohol motifs (C(OH)–C–C–N with tert-alkyl or cyclic N) is 1. The molecule has 3 aromatic carbocycles. The lowest BCUT2D eigenvalue weighted by atomic mass is 10.1. The Kier molecular flexibility index (Phi) is 8.26. The molecule has 8 nitrogen and oxygen atoms in total. The fraction of sp³-hybridized carbons (Fsp3) is 0.355. The van der Waals surface area contributed by atoms with Gasteiger partial charge in [-0.2, -0.15) is 0 Å². The second kappa shape index (κ2) is 12.0. The summed E-state index contributed by atoms with van der Waals surface area (Å²) < 4.78 is 11.8. The Morgan fingerprint density at radius 3 is 2.62 bits per heavy atom. The first kappa shape index (κ1) is 26.9. The van der Waals surface area contributed by atoms with Gasteiger partial charge in [-0.3, -0.25) is 14.6 Å². The van der Waals surface area contributed by atoms with Gasteiger partial charge in [0.15, 0.2) is 5.58 Å². The summed E-state index contributed by atoms with van der Waals surface area (Å²) in [5.74, 6) is 1.21. The standard InChI is InChI=1S/C31H36N4O4/c1-21-8-7-9-22(2)30(21)33-29(37)19-34-14-15-35(23(3)17-34)18-25(36)20-38-26-12-13-28-27(16-26)32-31(39-28)24-10-5-4-6-11-24/h4-13,16,23,25,36H,14-15,17-20H2,1-3H3,(H,33,37). The number of carbonyl (C=O) groups is 1. The molecule has 5 rings (SSSR count). The van der Waals surface area contributed by atoms with Crippen LogP contribution in [-0.4, -0.2) is 77.3 Å². The van der Waals surface area contributed by atoms with Gasteiger partial charge >= 0.3 is 0 Å². The molecule has 4 aromatic rings. The maximum Gasteiger partial charge on any atom is 0.238 e. The number of anilines is 1. The molecule has 2 heterocycles. The van der Waals surface area contributed by atoms with Crippen LogP contribution in [0.25, 0.3) is 22.6 Å². The quantitative estimate of drug-likeness (QED) is 0.331. The highest BCUT2D eigenvalue weighted by Crippen LogP contribution is 2.27. The minimum Gasteiger partial charge on any atom is -0.491 e. The molecule has 0 bridgehead atoms. The lowest BCUT2D eigenvalue weighted by Crippen LogP contribution is -2.55. The Labute approximate surface area is 229 Å². The molecule has 1 aliphatic heterocycles. The molecule has 0 radical (unpaired) electrons. The third-order valence-corrected chi connectivity index (χ3v) is 7.23. The van der Waals surface area contributed by atoms with Crippen LogP contribution in [0.1, 0.15) is 18.1 Å². The Morgan fingerprint density at radius 1 is 1.10 bits per heavy atom. The smallest absolute Gasteiger partial charge is 0.238 e. The summed E-state index contributed by atoms with van der Waals surface area (Å²) in [4.78, 5) is 21.7. The number of aliphatic hydroxyl groups excluding tert-OH is 1. The van der Waals surface area contributed by atoms with Crippen LogP contribution in [0.5, 0.6) is 5.75 Å². The Hall–Kier alpha value is -3.72. The topological polar surface area (TPSA) is 91.1 Å². The van der Waals surface area contributed by atoms with Gasteiger partial charge < -0.3 is 19.6 Å². The molecule has 0 spiro atoms. The molecule has 0 aliphatic carbocycles. The number of aromatic nitrogens is 1. The first-order valence-electron chi connectivity index (χ1n) is 13.4. The van der Waals surface area contributed by atoms with Gasteiger partial charge in [0.2, 0.25) is 11.8 Å². The summed E-state index contributed by atoms with van der Waals surface area (Å²) in [7, 11) is 0. The molecule has 204 valence electrons. The van der Waals surface area contributed by atoms with Gasteiger partial charge in [0.05, 0.1) is 6.54 Å². The van der Waals surface area contributed by atoms with Crippen LogP contribution >= 0.6 is 0 Å². The number of nitrogens with one attached hydrogen (secondary N) is 1. The number of amides is 1. The van der Waals surface area contributed by atoms with Crippen molar-refractivity contribution in [2.75, 3.05) is 44.6 Å². The van der Waals surface area contributed by atoms with Gasteiger partial charge in [0.25, 0.3) is 0 Å². The molecule has 2 atom stereocenters. The number of para-hydroxylation sites is 1. The summed E-state index contributed by atoms with van der Waals surface area (Å²) in [5.41, 5.74) is 5.36. The number of oxazole rings is 1. The maximum absolute atomic E-state index is 12.7. The Balaban J connectivity index is 1.08. The number of fused-ring (bicyclic) bond motifs is 1. The van der Waals surface area contributed by atoms with E-state index in [-0.39, 0.29) is 18.6 Å². The van der Waals surface area contributed by atoms with E-state index < -0.39 is 6.10 Å². The van der Waals surface area contributed by atoms with Crippen LogP contribution < -0.4 is 10.1 Å². The van der Waals surface area contributed by atoms with Crippen molar-refractivity contribution in [1.29, 1.82) is 0 Å². The highest BCUT2D eigenvalue weighted by atomic mass is 16.5. The fourth-order valence-electron chi connectivity index (χ4n) is 5.10. The number of nitrogens with zero attached hydrogens (tertiary/aromatic N) is 3. The number of piperazine rings is 1. The van der Waals surface area contributed by atoms with Crippen LogP contribution in [0.2, 0.25) is 0 Å². The molecule has 1 saturated heterocycles. The van der Waals surface area contributed by atoms with E-state index in [1.165, 1.54) is 0 Å². The largest absolute Gasteiger partial charge is 0.491 e. The molecule has 1 aliphatic rings. The highest BCUT2D eigenvalue weighted by Gasteiger charge is 2.27. The molecule has 1 aromatic heterocycles. The van der Waals surface area contributed by atoms with Crippen LogP contribution in [0.3, 0.4) is 0 Å². The second-order valence-corrected chi connectivity index (χ2v) is 10.4. The summed E-state index contributed by atoms with van der Waals surface area (Å²) in [6, 6.07) is 21.5. The lowest BCUT2D eigenvalue weighted by Gasteiger charge is -2.40. The van der Waals surface area contributed by atoms with Crippen molar-refractivity contribution in [3.05, 3.63) is 77.9 Å². The van der Waals surface area contributed by atoms with Crippen molar-refractivity contribution in [2.45, 2.75) is 32.9 Å². The lowest BCUT2D eigenvalue weighted by molar-refractivity contribution is -0.118. The molecule has 1 amide bonds. The van der Waals surface area contributed by atoms with E-state index in [1.807, 2.05) is 80.6 Å². The van der Waals surface area contributed by atoms with Crippen LogP contribution in [-0.2, 0) is 4.79 Å². The maximum atomic E-state index is 12.7. The van der Waals surface area contributed by atoms with E-state index in [2.05, 4.69) is 27.0 Å². The predicted octanol–water partition coefficient (Wildman–Crippen LogP) is 4.50. The summed E-state index contributed by atoms with van der Waals surface area (Å²) >= 11 is 0. The molecule has 0 saturated carbocycles. The highest BCUT2D eigenvalue weighted by molar-refractivity contribution is 5.93. The van der Waals surface area contributed by atoms with Crippen molar-refractivity contribution < 1.29 is 19.1 Å². The zero-order valence-electron chi connectivity index (χ0n) is 22.8. The van der Waals surface area contributed by atoms with E-state index in [1.54, 1.807) is 0 Å². The van der Waals surface area contributed by atoms with Gasteiger partial charge in [0, 0.05) is 49.5 Å². The van der Waals surface area contributed by atoms with E-state index in [9.17, 15) is 9.90 Å². The zero-order chi connectivity index (χ0) is 27.4. The third kappa shape index (κ3) is 6.65. The number of hydrogen-bond acceptors (Lipinski definition) is 7. The minimum absolute atomic E-state index is 0.00135. The predicted molar refractivity (Wildman–Crippen MR) is 153 cm³/mol. The van der Waals surface area contributed by atoms with Gasteiger partial charge in [0.1, 0.15) is 24.0 Å². The number of rotatable bonds is 9. The molecule has 8 heteroatoms. The van der Waals surface area contributed by atoms with Crippen molar-refractivity contribution in [3.8, 4) is 17.2 Å². The number of carbonyl (C=O) groups excluding carboxylic acids is 1. The third-order valence-electron chi connectivity index (χ3n) is 7.23. The zero-order valence-corrected chi connectivity index (χ0v) is 22.8. The minimum atomic E-state index is -0.640. The Bertz CT molecular complexity index is 1400. The first-order valence-corrected chi connectivity index (χ1v) is 13.4. The normalized spacial score (nSPS) is 17.3. The van der Waals surface area contributed by atoms with E-state index in [4.69, 9.17) is 9.15 Å².